The average molecular weight is 229 g/mol. The molecule has 0 bridgehead atoms. The van der Waals surface area contributed by atoms with Crippen molar-refractivity contribution in [2.45, 2.75) is 13.8 Å². The van der Waals surface area contributed by atoms with Crippen LogP contribution in [-0.4, -0.2) is 31.3 Å². The highest BCUT2D eigenvalue weighted by Gasteiger charge is 2.04. The Kier molecular flexibility index (Phi) is 5.43. The van der Waals surface area contributed by atoms with Crippen LogP contribution in [0.1, 0.15) is 13.8 Å². The number of hydrogen-bond acceptors (Lipinski definition) is 3. The van der Waals surface area contributed by atoms with Gasteiger partial charge in [-0.2, -0.15) is 0 Å². The minimum atomic E-state index is 0.666. The second-order valence-corrected chi connectivity index (χ2v) is 3.55. The lowest BCUT2D eigenvalue weighted by molar-refractivity contribution is 0.154. The van der Waals surface area contributed by atoms with E-state index < -0.39 is 0 Å². The van der Waals surface area contributed by atoms with Crippen molar-refractivity contribution in [1.82, 2.24) is 4.98 Å². The molecule has 1 heterocycles. The van der Waals surface area contributed by atoms with Crippen LogP contribution in [0.2, 0.25) is 5.02 Å². The molecule has 0 amide bonds. The van der Waals surface area contributed by atoms with E-state index in [1.807, 2.05) is 19.1 Å². The Morgan fingerprint density at radius 1 is 1.40 bits per heavy atom. The van der Waals surface area contributed by atoms with Crippen molar-refractivity contribution in [3.05, 3.63) is 23.4 Å². The van der Waals surface area contributed by atoms with Gasteiger partial charge >= 0.3 is 0 Å². The minimum absolute atomic E-state index is 0.666. The number of halogens is 1. The van der Waals surface area contributed by atoms with Crippen LogP contribution in [-0.2, 0) is 4.74 Å². The van der Waals surface area contributed by atoms with E-state index >= 15 is 0 Å². The van der Waals surface area contributed by atoms with Gasteiger partial charge < -0.3 is 9.64 Å². The SMILES string of the molecule is CCOCCN(CC)c1ccc(Cl)cn1. The first kappa shape index (κ1) is 12.3. The number of ether oxygens (including phenoxy) is 1. The van der Waals surface area contributed by atoms with Crippen LogP contribution in [0.15, 0.2) is 18.3 Å². The third kappa shape index (κ3) is 4.06. The molecule has 0 saturated heterocycles. The number of rotatable bonds is 6. The number of likely N-dealkylation sites (N-methyl/N-ethyl adjacent to an activating group) is 1. The van der Waals surface area contributed by atoms with E-state index in [1.165, 1.54) is 0 Å². The van der Waals surface area contributed by atoms with Crippen LogP contribution >= 0.6 is 11.6 Å². The molecule has 0 aliphatic rings. The molecule has 0 N–H and O–H groups in total. The monoisotopic (exact) mass is 228 g/mol. The molecule has 0 spiro atoms. The molecule has 0 radical (unpaired) electrons. The molecule has 0 aromatic carbocycles. The maximum atomic E-state index is 5.78. The summed E-state index contributed by atoms with van der Waals surface area (Å²) in [5.74, 6) is 0.946. The van der Waals surface area contributed by atoms with Crippen molar-refractivity contribution in [2.75, 3.05) is 31.2 Å². The van der Waals surface area contributed by atoms with Crippen molar-refractivity contribution in [1.29, 1.82) is 0 Å². The summed E-state index contributed by atoms with van der Waals surface area (Å²) >= 11 is 5.78. The summed E-state index contributed by atoms with van der Waals surface area (Å²) in [5, 5.41) is 0.666. The topological polar surface area (TPSA) is 25.4 Å². The second kappa shape index (κ2) is 6.64. The quantitative estimate of drug-likeness (QED) is 0.700. The number of nitrogens with zero attached hydrogens (tertiary/aromatic N) is 2. The van der Waals surface area contributed by atoms with Crippen molar-refractivity contribution in [3.8, 4) is 0 Å². The zero-order chi connectivity index (χ0) is 11.1. The molecule has 0 unspecified atom stereocenters. The van der Waals surface area contributed by atoms with E-state index in [9.17, 15) is 0 Å². The van der Waals surface area contributed by atoms with Gasteiger partial charge in [-0.05, 0) is 26.0 Å². The maximum absolute atomic E-state index is 5.78. The maximum Gasteiger partial charge on any atom is 0.128 e. The van der Waals surface area contributed by atoms with Crippen molar-refractivity contribution < 1.29 is 4.74 Å². The Bertz CT molecular complexity index is 276. The summed E-state index contributed by atoms with van der Waals surface area (Å²) in [6, 6.07) is 3.78. The Labute approximate surface area is 96.0 Å². The molecular formula is C11H17ClN2O. The zero-order valence-corrected chi connectivity index (χ0v) is 10.00. The molecule has 1 aromatic heterocycles. The second-order valence-electron chi connectivity index (χ2n) is 3.11. The molecule has 0 aliphatic heterocycles. The Balaban J connectivity index is 2.53. The molecule has 15 heavy (non-hydrogen) atoms. The minimum Gasteiger partial charge on any atom is -0.380 e. The van der Waals surface area contributed by atoms with E-state index in [2.05, 4.69) is 16.8 Å². The highest BCUT2D eigenvalue weighted by atomic mass is 35.5. The fourth-order valence-electron chi connectivity index (χ4n) is 1.31. The van der Waals surface area contributed by atoms with E-state index in [0.29, 0.717) is 5.02 Å². The number of aromatic nitrogens is 1. The highest BCUT2D eigenvalue weighted by Crippen LogP contribution is 2.13. The molecule has 0 aliphatic carbocycles. The third-order valence-corrected chi connectivity index (χ3v) is 2.35. The summed E-state index contributed by atoms with van der Waals surface area (Å²) in [4.78, 5) is 6.43. The number of pyridine rings is 1. The first-order chi connectivity index (χ1) is 7.27. The van der Waals surface area contributed by atoms with Gasteiger partial charge in [-0.3, -0.25) is 0 Å². The fourth-order valence-corrected chi connectivity index (χ4v) is 1.42. The molecule has 0 atom stereocenters. The summed E-state index contributed by atoms with van der Waals surface area (Å²) in [6.07, 6.45) is 1.67. The lowest BCUT2D eigenvalue weighted by atomic mass is 10.4. The predicted octanol–water partition coefficient (Wildman–Crippen LogP) is 2.60. The highest BCUT2D eigenvalue weighted by molar-refractivity contribution is 6.30. The molecule has 1 aromatic rings. The Morgan fingerprint density at radius 3 is 2.73 bits per heavy atom. The standard InChI is InChI=1S/C11H17ClN2O/c1-3-14(7-8-15-4-2)11-6-5-10(12)9-13-11/h5-6,9H,3-4,7-8H2,1-2H3. The molecular weight excluding hydrogens is 212 g/mol. The fraction of sp³-hybridized carbons (Fsp3) is 0.545. The molecule has 3 nitrogen and oxygen atoms in total. The van der Waals surface area contributed by atoms with Crippen molar-refractivity contribution in [3.63, 3.8) is 0 Å². The van der Waals surface area contributed by atoms with Crippen LogP contribution in [0.4, 0.5) is 5.82 Å². The predicted molar refractivity (Wildman–Crippen MR) is 63.6 cm³/mol. The lowest BCUT2D eigenvalue weighted by Crippen LogP contribution is -2.27. The third-order valence-electron chi connectivity index (χ3n) is 2.13. The van der Waals surface area contributed by atoms with Gasteiger partial charge in [-0.1, -0.05) is 11.6 Å². The summed E-state index contributed by atoms with van der Waals surface area (Å²) in [6.45, 7) is 7.36. The molecule has 1 rings (SSSR count). The first-order valence-electron chi connectivity index (χ1n) is 5.22. The van der Waals surface area contributed by atoms with E-state index in [-0.39, 0.29) is 0 Å². The van der Waals surface area contributed by atoms with Gasteiger partial charge in [0.2, 0.25) is 0 Å². The number of hydrogen-bond donors (Lipinski definition) is 0. The van der Waals surface area contributed by atoms with Crippen LogP contribution < -0.4 is 4.90 Å². The van der Waals surface area contributed by atoms with Gasteiger partial charge in [0.25, 0.3) is 0 Å². The molecule has 0 fully saturated rings. The van der Waals surface area contributed by atoms with Crippen LogP contribution in [0, 0.1) is 0 Å². The Morgan fingerprint density at radius 2 is 2.20 bits per heavy atom. The summed E-state index contributed by atoms with van der Waals surface area (Å²) < 4.78 is 5.32. The van der Waals surface area contributed by atoms with Gasteiger partial charge in [0.1, 0.15) is 5.82 Å². The molecule has 0 saturated carbocycles. The zero-order valence-electron chi connectivity index (χ0n) is 9.24. The van der Waals surface area contributed by atoms with Crippen molar-refractivity contribution >= 4 is 17.4 Å². The van der Waals surface area contributed by atoms with Gasteiger partial charge in [0.15, 0.2) is 0 Å². The van der Waals surface area contributed by atoms with Crippen LogP contribution in [0.3, 0.4) is 0 Å². The normalized spacial score (nSPS) is 10.3. The summed E-state index contributed by atoms with van der Waals surface area (Å²) in [5.41, 5.74) is 0. The summed E-state index contributed by atoms with van der Waals surface area (Å²) in [7, 11) is 0. The van der Waals surface area contributed by atoms with Gasteiger partial charge in [0, 0.05) is 25.9 Å². The smallest absolute Gasteiger partial charge is 0.128 e. The average Bonchev–Trinajstić information content (AvgIpc) is 2.26. The molecule has 4 heteroatoms. The van der Waals surface area contributed by atoms with Gasteiger partial charge in [-0.25, -0.2) is 4.98 Å². The van der Waals surface area contributed by atoms with E-state index in [4.69, 9.17) is 16.3 Å². The number of anilines is 1. The lowest BCUT2D eigenvalue weighted by Gasteiger charge is -2.21. The first-order valence-corrected chi connectivity index (χ1v) is 5.60. The van der Waals surface area contributed by atoms with Gasteiger partial charge in [-0.15, -0.1) is 0 Å². The van der Waals surface area contributed by atoms with E-state index in [1.54, 1.807) is 6.20 Å². The van der Waals surface area contributed by atoms with Gasteiger partial charge in [0.05, 0.1) is 11.6 Å². The Hall–Kier alpha value is -0.800. The van der Waals surface area contributed by atoms with Crippen molar-refractivity contribution in [2.24, 2.45) is 0 Å². The van der Waals surface area contributed by atoms with E-state index in [0.717, 1.165) is 32.1 Å². The van der Waals surface area contributed by atoms with Crippen LogP contribution in [0.25, 0.3) is 0 Å². The molecule has 84 valence electrons. The largest absolute Gasteiger partial charge is 0.380 e. The van der Waals surface area contributed by atoms with Crippen LogP contribution in [0.5, 0.6) is 0 Å².